The van der Waals surface area contributed by atoms with Gasteiger partial charge in [-0.25, -0.2) is 8.42 Å². The number of benzene rings is 1. The molecule has 0 aliphatic carbocycles. The Morgan fingerprint density at radius 3 is 2.59 bits per heavy atom. The SMILES string of the molecule is Cc1oc2c(CCS(C)(=O)=O)cccc2c1C. The van der Waals surface area contributed by atoms with Crippen LogP contribution in [-0.2, 0) is 16.3 Å². The Labute approximate surface area is 101 Å². The molecule has 2 rings (SSSR count). The fourth-order valence-corrected chi connectivity index (χ4v) is 2.50. The van der Waals surface area contributed by atoms with Gasteiger partial charge >= 0.3 is 0 Å². The summed E-state index contributed by atoms with van der Waals surface area (Å²) in [5.74, 6) is 1.05. The van der Waals surface area contributed by atoms with Crippen molar-refractivity contribution in [3.05, 3.63) is 35.1 Å². The zero-order chi connectivity index (χ0) is 12.6. The first-order chi connectivity index (χ1) is 7.88. The molecule has 0 atom stereocenters. The highest BCUT2D eigenvalue weighted by atomic mass is 32.2. The maximum Gasteiger partial charge on any atom is 0.147 e. The highest BCUT2D eigenvalue weighted by Crippen LogP contribution is 2.27. The van der Waals surface area contributed by atoms with Gasteiger partial charge in [0.1, 0.15) is 21.2 Å². The predicted octanol–water partition coefficient (Wildman–Crippen LogP) is 2.64. The van der Waals surface area contributed by atoms with Crippen molar-refractivity contribution in [1.82, 2.24) is 0 Å². The molecular formula is C13H16O3S. The smallest absolute Gasteiger partial charge is 0.147 e. The lowest BCUT2D eigenvalue weighted by molar-refractivity contribution is 0.571. The average Bonchev–Trinajstić information content (AvgIpc) is 2.52. The summed E-state index contributed by atoms with van der Waals surface area (Å²) in [7, 11) is -2.94. The van der Waals surface area contributed by atoms with Crippen LogP contribution >= 0.6 is 0 Å². The molecule has 2 aromatic rings. The molecule has 0 spiro atoms. The maximum absolute atomic E-state index is 11.2. The molecule has 0 bridgehead atoms. The molecule has 1 aromatic heterocycles. The minimum absolute atomic E-state index is 0.158. The highest BCUT2D eigenvalue weighted by Gasteiger charge is 2.12. The molecule has 0 saturated heterocycles. The Bertz CT molecular complexity index is 651. The first kappa shape index (κ1) is 12.2. The lowest BCUT2D eigenvalue weighted by atomic mass is 10.1. The van der Waals surface area contributed by atoms with E-state index in [1.54, 1.807) is 0 Å². The van der Waals surface area contributed by atoms with Crippen molar-refractivity contribution in [2.75, 3.05) is 12.0 Å². The number of aryl methyl sites for hydroxylation is 3. The number of hydrogen-bond donors (Lipinski definition) is 0. The molecule has 0 unspecified atom stereocenters. The average molecular weight is 252 g/mol. The molecule has 3 nitrogen and oxygen atoms in total. The Balaban J connectivity index is 2.45. The molecule has 4 heteroatoms. The van der Waals surface area contributed by atoms with Crippen LogP contribution < -0.4 is 0 Å². The third-order valence-corrected chi connectivity index (χ3v) is 3.97. The van der Waals surface area contributed by atoms with Gasteiger partial charge in [-0.15, -0.1) is 0 Å². The van der Waals surface area contributed by atoms with Crippen LogP contribution in [0.3, 0.4) is 0 Å². The lowest BCUT2D eigenvalue weighted by Crippen LogP contribution is -2.05. The zero-order valence-corrected chi connectivity index (χ0v) is 11.1. The van der Waals surface area contributed by atoms with Crippen molar-refractivity contribution in [1.29, 1.82) is 0 Å². The third kappa shape index (κ3) is 2.52. The van der Waals surface area contributed by atoms with Gasteiger partial charge in [0, 0.05) is 11.6 Å². The van der Waals surface area contributed by atoms with E-state index in [4.69, 9.17) is 4.42 Å². The van der Waals surface area contributed by atoms with Gasteiger partial charge in [0.05, 0.1) is 5.75 Å². The topological polar surface area (TPSA) is 47.3 Å². The molecule has 0 fully saturated rings. The van der Waals surface area contributed by atoms with Gasteiger partial charge < -0.3 is 4.42 Å². The van der Waals surface area contributed by atoms with E-state index in [-0.39, 0.29) is 5.75 Å². The first-order valence-electron chi connectivity index (χ1n) is 5.54. The number of para-hydroxylation sites is 1. The first-order valence-corrected chi connectivity index (χ1v) is 7.60. The van der Waals surface area contributed by atoms with Crippen molar-refractivity contribution in [2.24, 2.45) is 0 Å². The summed E-state index contributed by atoms with van der Waals surface area (Å²) >= 11 is 0. The molecule has 1 aromatic carbocycles. The molecule has 0 amide bonds. The van der Waals surface area contributed by atoms with Crippen LogP contribution in [0.2, 0.25) is 0 Å². The van der Waals surface area contributed by atoms with Crippen molar-refractivity contribution >= 4 is 20.8 Å². The van der Waals surface area contributed by atoms with E-state index in [1.807, 2.05) is 32.0 Å². The quantitative estimate of drug-likeness (QED) is 0.843. The molecule has 17 heavy (non-hydrogen) atoms. The van der Waals surface area contributed by atoms with E-state index >= 15 is 0 Å². The summed E-state index contributed by atoms with van der Waals surface area (Å²) in [6, 6.07) is 5.88. The molecule has 92 valence electrons. The minimum atomic E-state index is -2.94. The van der Waals surface area contributed by atoms with Crippen molar-refractivity contribution < 1.29 is 12.8 Å². The van der Waals surface area contributed by atoms with Crippen LogP contribution in [0.5, 0.6) is 0 Å². The Morgan fingerprint density at radius 1 is 1.24 bits per heavy atom. The van der Waals surface area contributed by atoms with Crippen LogP contribution in [0, 0.1) is 13.8 Å². The van der Waals surface area contributed by atoms with Crippen LogP contribution in [0.15, 0.2) is 22.6 Å². The lowest BCUT2D eigenvalue weighted by Gasteiger charge is -2.01. The Kier molecular flexibility index (Phi) is 3.00. The monoisotopic (exact) mass is 252 g/mol. The summed E-state index contributed by atoms with van der Waals surface area (Å²) < 4.78 is 28.1. The molecular weight excluding hydrogens is 236 g/mol. The number of hydrogen-bond acceptors (Lipinski definition) is 3. The fourth-order valence-electron chi connectivity index (χ4n) is 1.91. The summed E-state index contributed by atoms with van der Waals surface area (Å²) in [6.45, 7) is 3.94. The van der Waals surface area contributed by atoms with Gasteiger partial charge in [0.25, 0.3) is 0 Å². The van der Waals surface area contributed by atoms with Crippen LogP contribution in [0.4, 0.5) is 0 Å². The largest absolute Gasteiger partial charge is 0.461 e. The van der Waals surface area contributed by atoms with Crippen LogP contribution in [-0.4, -0.2) is 20.4 Å². The van der Waals surface area contributed by atoms with Crippen LogP contribution in [0.1, 0.15) is 16.9 Å². The van der Waals surface area contributed by atoms with Crippen LogP contribution in [0.25, 0.3) is 11.0 Å². The van der Waals surface area contributed by atoms with Gasteiger partial charge in [-0.05, 0) is 31.4 Å². The van der Waals surface area contributed by atoms with Gasteiger partial charge in [-0.3, -0.25) is 0 Å². The number of fused-ring (bicyclic) bond motifs is 1. The highest BCUT2D eigenvalue weighted by molar-refractivity contribution is 7.90. The molecule has 0 aliphatic rings. The summed E-state index contributed by atoms with van der Waals surface area (Å²) in [5.41, 5.74) is 2.91. The number of furan rings is 1. The maximum atomic E-state index is 11.2. The van der Waals surface area contributed by atoms with E-state index in [2.05, 4.69) is 0 Å². The van der Waals surface area contributed by atoms with Gasteiger partial charge in [-0.1, -0.05) is 18.2 Å². The molecule has 0 N–H and O–H groups in total. The van der Waals surface area contributed by atoms with E-state index in [9.17, 15) is 8.42 Å². The van der Waals surface area contributed by atoms with E-state index in [0.717, 1.165) is 27.9 Å². The standard InChI is InChI=1S/C13H16O3S/c1-9-10(2)16-13-11(5-4-6-12(9)13)7-8-17(3,14)15/h4-6H,7-8H2,1-3H3. The third-order valence-electron chi connectivity index (χ3n) is 3.03. The van der Waals surface area contributed by atoms with Gasteiger partial charge in [0.15, 0.2) is 0 Å². The van der Waals surface area contributed by atoms with Crippen molar-refractivity contribution in [2.45, 2.75) is 20.3 Å². The second-order valence-corrected chi connectivity index (χ2v) is 6.72. The molecule has 0 radical (unpaired) electrons. The molecule has 1 heterocycles. The Hall–Kier alpha value is -1.29. The van der Waals surface area contributed by atoms with E-state index < -0.39 is 9.84 Å². The normalized spacial score (nSPS) is 12.2. The predicted molar refractivity (Wildman–Crippen MR) is 69.1 cm³/mol. The molecule has 0 saturated carbocycles. The Morgan fingerprint density at radius 2 is 1.94 bits per heavy atom. The van der Waals surface area contributed by atoms with Crippen molar-refractivity contribution in [3.8, 4) is 0 Å². The second-order valence-electron chi connectivity index (χ2n) is 4.46. The summed E-state index contributed by atoms with van der Waals surface area (Å²) in [5, 5.41) is 1.08. The fraction of sp³-hybridized carbons (Fsp3) is 0.385. The van der Waals surface area contributed by atoms with Gasteiger partial charge in [0.2, 0.25) is 0 Å². The van der Waals surface area contributed by atoms with Crippen molar-refractivity contribution in [3.63, 3.8) is 0 Å². The number of sulfone groups is 1. The second kappa shape index (κ2) is 4.18. The summed E-state index contributed by atoms with van der Waals surface area (Å²) in [6.07, 6.45) is 1.76. The van der Waals surface area contributed by atoms with E-state index in [0.29, 0.717) is 6.42 Å². The summed E-state index contributed by atoms with van der Waals surface area (Å²) in [4.78, 5) is 0. The molecule has 0 aliphatic heterocycles. The van der Waals surface area contributed by atoms with E-state index in [1.165, 1.54) is 6.26 Å². The van der Waals surface area contributed by atoms with Gasteiger partial charge in [-0.2, -0.15) is 0 Å². The zero-order valence-electron chi connectivity index (χ0n) is 10.3. The minimum Gasteiger partial charge on any atom is -0.461 e. The number of rotatable bonds is 3.